The molecule has 0 amide bonds. The van der Waals surface area contributed by atoms with Gasteiger partial charge in [0, 0.05) is 29.6 Å². The van der Waals surface area contributed by atoms with Crippen molar-refractivity contribution in [2.75, 3.05) is 0 Å². The minimum Gasteiger partial charge on any atom is -0.478 e. The number of hydrogen-bond donors (Lipinski definition) is 2. The highest BCUT2D eigenvalue weighted by Crippen LogP contribution is 2.31. The van der Waals surface area contributed by atoms with Gasteiger partial charge in [-0.1, -0.05) is 36.4 Å². The van der Waals surface area contributed by atoms with Gasteiger partial charge in [-0.2, -0.15) is 0 Å². The number of hydrogen-bond acceptors (Lipinski definition) is 4. The van der Waals surface area contributed by atoms with Gasteiger partial charge >= 0.3 is 11.9 Å². The van der Waals surface area contributed by atoms with E-state index >= 15 is 0 Å². The van der Waals surface area contributed by atoms with Crippen molar-refractivity contribution in [2.45, 2.75) is 25.8 Å². The van der Waals surface area contributed by atoms with Gasteiger partial charge in [0.2, 0.25) is 0 Å². The van der Waals surface area contributed by atoms with Crippen LogP contribution in [0.1, 0.15) is 25.0 Å². The summed E-state index contributed by atoms with van der Waals surface area (Å²) >= 11 is 0. The number of aromatic nitrogens is 1. The predicted molar refractivity (Wildman–Crippen MR) is 116 cm³/mol. The number of benzene rings is 2. The molecule has 0 spiro atoms. The molecule has 31 heavy (non-hydrogen) atoms. The van der Waals surface area contributed by atoms with Crippen LogP contribution in [-0.2, 0) is 16.0 Å². The van der Waals surface area contributed by atoms with Crippen LogP contribution in [0.2, 0.25) is 0 Å². The number of aliphatic carboxylic acids is 2. The topological polar surface area (TPSA) is 99.8 Å². The zero-order valence-corrected chi connectivity index (χ0v) is 17.0. The van der Waals surface area contributed by atoms with Gasteiger partial charge in [0.05, 0.1) is 22.3 Å². The third kappa shape index (κ3) is 5.19. The highest BCUT2D eigenvalue weighted by Gasteiger charge is 2.32. The maximum Gasteiger partial charge on any atom is 0.338 e. The van der Waals surface area contributed by atoms with E-state index < -0.39 is 28.9 Å². The molecular weight excluding hydrogens is 399 g/mol. The molecule has 3 aromatic rings. The van der Waals surface area contributed by atoms with Gasteiger partial charge < -0.3 is 10.2 Å². The van der Waals surface area contributed by atoms with Crippen LogP contribution in [0.3, 0.4) is 0 Å². The van der Waals surface area contributed by atoms with Gasteiger partial charge in [-0.05, 0) is 37.6 Å². The van der Waals surface area contributed by atoms with Crippen LogP contribution >= 0.6 is 0 Å². The molecule has 1 aliphatic heterocycles. The lowest BCUT2D eigenvalue weighted by Crippen LogP contribution is -2.32. The smallest absolute Gasteiger partial charge is 0.338 e. The molecule has 0 saturated heterocycles. The second kappa shape index (κ2) is 8.87. The van der Waals surface area contributed by atoms with Crippen molar-refractivity contribution in [1.29, 1.82) is 0 Å². The number of carboxylic acids is 2. The third-order valence-electron chi connectivity index (χ3n) is 4.66. The zero-order chi connectivity index (χ0) is 22.6. The van der Waals surface area contributed by atoms with Crippen LogP contribution in [0, 0.1) is 5.82 Å². The molecular formula is C24H21FN2O4. The Morgan fingerprint density at radius 2 is 1.74 bits per heavy atom. The number of nitrogens with zero attached hydrogens (tertiary/aromatic N) is 2. The molecule has 158 valence electrons. The van der Waals surface area contributed by atoms with Crippen LogP contribution < -0.4 is 0 Å². The van der Waals surface area contributed by atoms with E-state index in [9.17, 15) is 19.1 Å². The number of pyridine rings is 1. The summed E-state index contributed by atoms with van der Waals surface area (Å²) in [6.07, 6.45) is 2.71. The first kappa shape index (κ1) is 21.8. The van der Waals surface area contributed by atoms with E-state index in [1.807, 2.05) is 30.5 Å². The molecule has 0 radical (unpaired) electrons. The Labute approximate surface area is 178 Å². The van der Waals surface area contributed by atoms with Crippen molar-refractivity contribution >= 4 is 28.6 Å². The second-order valence-electron chi connectivity index (χ2n) is 7.61. The molecule has 6 nitrogen and oxygen atoms in total. The molecule has 0 bridgehead atoms. The fourth-order valence-corrected chi connectivity index (χ4v) is 3.37. The van der Waals surface area contributed by atoms with Gasteiger partial charge in [0.1, 0.15) is 5.82 Å². The molecule has 1 aromatic heterocycles. The van der Waals surface area contributed by atoms with Crippen LogP contribution in [0.25, 0.3) is 10.9 Å². The normalized spacial score (nSPS) is 14.7. The van der Waals surface area contributed by atoms with Crippen LogP contribution in [0.4, 0.5) is 4.39 Å². The van der Waals surface area contributed by atoms with E-state index in [0.29, 0.717) is 23.6 Å². The lowest BCUT2D eigenvalue weighted by molar-refractivity contribution is -0.134. The van der Waals surface area contributed by atoms with Crippen molar-refractivity contribution in [2.24, 2.45) is 4.99 Å². The summed E-state index contributed by atoms with van der Waals surface area (Å²) in [6.45, 7) is 3.48. The quantitative estimate of drug-likeness (QED) is 0.616. The standard InChI is InChI=1S/C15H14FNO4.C9H7N/c1-15(2)7-10-8(4-3-5-11(10)16)13(17-15)9(14(20)21)6-12(18)19;1-2-6-9-8(4-1)5-3-7-10-9/h3-6H,7H2,1-2H3,(H,18,19)(H,20,21);1-7H/b9-6+;. The Morgan fingerprint density at radius 1 is 1.03 bits per heavy atom. The Kier molecular flexibility index (Phi) is 6.25. The molecule has 0 unspecified atom stereocenters. The van der Waals surface area contributed by atoms with Crippen LogP contribution in [0.5, 0.6) is 0 Å². The number of rotatable bonds is 3. The Morgan fingerprint density at radius 3 is 2.42 bits per heavy atom. The maximum atomic E-state index is 14.0. The van der Waals surface area contributed by atoms with Crippen molar-refractivity contribution in [3.8, 4) is 0 Å². The van der Waals surface area contributed by atoms with E-state index in [2.05, 4.69) is 22.1 Å². The minimum absolute atomic E-state index is 0.00403. The van der Waals surface area contributed by atoms with Gasteiger partial charge in [0.15, 0.2) is 0 Å². The number of para-hydroxylation sites is 1. The van der Waals surface area contributed by atoms with E-state index in [-0.39, 0.29) is 5.71 Å². The lowest BCUT2D eigenvalue weighted by atomic mass is 9.84. The third-order valence-corrected chi connectivity index (χ3v) is 4.66. The lowest BCUT2D eigenvalue weighted by Gasteiger charge is -2.29. The number of carbonyl (C=O) groups is 2. The highest BCUT2D eigenvalue weighted by molar-refractivity contribution is 6.28. The predicted octanol–water partition coefficient (Wildman–Crippen LogP) is 4.28. The average Bonchev–Trinajstić information content (AvgIpc) is 2.72. The van der Waals surface area contributed by atoms with Crippen LogP contribution in [0.15, 0.2) is 77.4 Å². The number of carboxylic acid groups (broad SMARTS) is 2. The van der Waals surface area contributed by atoms with Crippen molar-refractivity contribution in [3.63, 3.8) is 0 Å². The summed E-state index contributed by atoms with van der Waals surface area (Å²) in [7, 11) is 0. The first-order chi connectivity index (χ1) is 14.7. The summed E-state index contributed by atoms with van der Waals surface area (Å²) < 4.78 is 14.0. The Bertz CT molecular complexity index is 1150. The summed E-state index contributed by atoms with van der Waals surface area (Å²) in [5.41, 5.74) is 0.564. The summed E-state index contributed by atoms with van der Waals surface area (Å²) in [6, 6.07) is 16.4. The Balaban J connectivity index is 0.000000225. The monoisotopic (exact) mass is 420 g/mol. The first-order valence-electron chi connectivity index (χ1n) is 9.53. The second-order valence-corrected chi connectivity index (χ2v) is 7.61. The number of fused-ring (bicyclic) bond motifs is 2. The van der Waals surface area contributed by atoms with E-state index in [0.717, 1.165) is 5.52 Å². The number of aliphatic imine (C=N–C) groups is 1. The van der Waals surface area contributed by atoms with Gasteiger partial charge in [0.25, 0.3) is 0 Å². The molecule has 2 heterocycles. The largest absolute Gasteiger partial charge is 0.478 e. The minimum atomic E-state index is -1.41. The first-order valence-corrected chi connectivity index (χ1v) is 9.53. The molecule has 0 aliphatic carbocycles. The zero-order valence-electron chi connectivity index (χ0n) is 17.0. The molecule has 0 atom stereocenters. The van der Waals surface area contributed by atoms with E-state index in [4.69, 9.17) is 5.11 Å². The number of halogens is 1. The van der Waals surface area contributed by atoms with Gasteiger partial charge in [-0.25, -0.2) is 14.0 Å². The van der Waals surface area contributed by atoms with Crippen molar-refractivity contribution in [3.05, 3.63) is 89.4 Å². The SMILES string of the molecule is CC1(C)Cc2c(F)cccc2C(/C(=C\C(=O)O)C(=O)O)=N1.c1ccc2ncccc2c1. The maximum absolute atomic E-state index is 14.0. The van der Waals surface area contributed by atoms with Crippen LogP contribution in [-0.4, -0.2) is 38.4 Å². The molecule has 2 aromatic carbocycles. The van der Waals surface area contributed by atoms with Gasteiger partial charge in [-0.3, -0.25) is 9.98 Å². The summed E-state index contributed by atoms with van der Waals surface area (Å²) in [5.74, 6) is -3.26. The molecule has 0 saturated carbocycles. The molecule has 4 rings (SSSR count). The van der Waals surface area contributed by atoms with E-state index in [1.54, 1.807) is 19.9 Å². The summed E-state index contributed by atoms with van der Waals surface area (Å²) in [5, 5.41) is 19.3. The highest BCUT2D eigenvalue weighted by atomic mass is 19.1. The molecule has 0 fully saturated rings. The fraction of sp³-hybridized carbons (Fsp3) is 0.167. The molecule has 7 heteroatoms. The molecule has 2 N–H and O–H groups in total. The summed E-state index contributed by atoms with van der Waals surface area (Å²) in [4.78, 5) is 30.7. The van der Waals surface area contributed by atoms with Gasteiger partial charge in [-0.15, -0.1) is 0 Å². The van der Waals surface area contributed by atoms with Crippen molar-refractivity contribution in [1.82, 2.24) is 4.98 Å². The van der Waals surface area contributed by atoms with Crippen molar-refractivity contribution < 1.29 is 24.2 Å². The average molecular weight is 420 g/mol. The Hall–Kier alpha value is -3.87. The fourth-order valence-electron chi connectivity index (χ4n) is 3.37. The van der Waals surface area contributed by atoms with E-state index in [1.165, 1.54) is 17.5 Å². The molecule has 1 aliphatic rings.